The maximum Gasteiger partial charge on any atom is 0.165 e. The molecular formula is C14H12BrFO2. The molecule has 0 amide bonds. The van der Waals surface area contributed by atoms with E-state index in [4.69, 9.17) is 4.74 Å². The highest BCUT2D eigenvalue weighted by Gasteiger charge is 2.13. The number of halogens is 2. The van der Waals surface area contributed by atoms with E-state index in [1.165, 1.54) is 19.2 Å². The summed E-state index contributed by atoms with van der Waals surface area (Å²) in [4.78, 5) is 0. The molecular weight excluding hydrogens is 299 g/mol. The van der Waals surface area contributed by atoms with Crippen LogP contribution in [-0.2, 0) is 0 Å². The third-order valence-electron chi connectivity index (χ3n) is 2.68. The summed E-state index contributed by atoms with van der Waals surface area (Å²) in [5, 5.41) is 10.2. The topological polar surface area (TPSA) is 29.5 Å². The van der Waals surface area contributed by atoms with Crippen molar-refractivity contribution in [3.05, 3.63) is 63.9 Å². The Morgan fingerprint density at radius 3 is 2.33 bits per heavy atom. The van der Waals surface area contributed by atoms with Gasteiger partial charge in [-0.25, -0.2) is 4.39 Å². The largest absolute Gasteiger partial charge is 0.494 e. The van der Waals surface area contributed by atoms with Gasteiger partial charge in [0.2, 0.25) is 0 Å². The van der Waals surface area contributed by atoms with Gasteiger partial charge in [0.15, 0.2) is 11.6 Å². The van der Waals surface area contributed by atoms with Crippen molar-refractivity contribution in [3.8, 4) is 5.75 Å². The normalized spacial score (nSPS) is 12.2. The van der Waals surface area contributed by atoms with Crippen molar-refractivity contribution >= 4 is 15.9 Å². The maximum absolute atomic E-state index is 13.3. The molecule has 0 spiro atoms. The molecule has 0 saturated carbocycles. The van der Waals surface area contributed by atoms with Crippen molar-refractivity contribution in [2.24, 2.45) is 0 Å². The van der Waals surface area contributed by atoms with Gasteiger partial charge in [0, 0.05) is 4.47 Å². The average Bonchev–Trinajstić information content (AvgIpc) is 2.39. The molecule has 0 aliphatic carbocycles. The molecule has 0 bridgehead atoms. The number of aliphatic hydroxyl groups excluding tert-OH is 1. The predicted octanol–water partition coefficient (Wildman–Crippen LogP) is 3.68. The Bertz CT molecular complexity index is 540. The molecule has 0 aromatic heterocycles. The molecule has 0 heterocycles. The summed E-state index contributed by atoms with van der Waals surface area (Å²) in [7, 11) is 1.40. The molecule has 0 radical (unpaired) electrons. The summed E-state index contributed by atoms with van der Waals surface area (Å²) in [5.41, 5.74) is 1.34. The van der Waals surface area contributed by atoms with Crippen molar-refractivity contribution in [1.82, 2.24) is 0 Å². The summed E-state index contributed by atoms with van der Waals surface area (Å²) in [6.45, 7) is 0. The van der Waals surface area contributed by atoms with E-state index in [0.29, 0.717) is 5.56 Å². The summed E-state index contributed by atoms with van der Waals surface area (Å²) < 4.78 is 19.1. The summed E-state index contributed by atoms with van der Waals surface area (Å²) >= 11 is 3.33. The Balaban J connectivity index is 2.33. The van der Waals surface area contributed by atoms with E-state index >= 15 is 0 Å². The molecule has 2 nitrogen and oxygen atoms in total. The Morgan fingerprint density at radius 2 is 1.72 bits per heavy atom. The molecule has 0 saturated heterocycles. The van der Waals surface area contributed by atoms with Crippen molar-refractivity contribution in [3.63, 3.8) is 0 Å². The summed E-state index contributed by atoms with van der Waals surface area (Å²) in [6, 6.07) is 11.6. The fourth-order valence-electron chi connectivity index (χ4n) is 1.68. The van der Waals surface area contributed by atoms with Gasteiger partial charge in [-0.1, -0.05) is 34.1 Å². The van der Waals surface area contributed by atoms with E-state index in [2.05, 4.69) is 15.9 Å². The van der Waals surface area contributed by atoms with Gasteiger partial charge in [-0.3, -0.25) is 0 Å². The molecule has 94 valence electrons. The van der Waals surface area contributed by atoms with Crippen LogP contribution in [0.15, 0.2) is 46.9 Å². The molecule has 1 N–H and O–H groups in total. The van der Waals surface area contributed by atoms with E-state index in [-0.39, 0.29) is 5.75 Å². The second-order valence-corrected chi connectivity index (χ2v) is 4.76. The Morgan fingerprint density at radius 1 is 1.11 bits per heavy atom. The van der Waals surface area contributed by atoms with Gasteiger partial charge in [-0.15, -0.1) is 0 Å². The van der Waals surface area contributed by atoms with Gasteiger partial charge in [0.1, 0.15) is 6.10 Å². The van der Waals surface area contributed by atoms with Crippen LogP contribution in [0.4, 0.5) is 4.39 Å². The average molecular weight is 311 g/mol. The number of hydrogen-bond donors (Lipinski definition) is 1. The predicted molar refractivity (Wildman–Crippen MR) is 71.2 cm³/mol. The highest BCUT2D eigenvalue weighted by atomic mass is 79.9. The molecule has 4 heteroatoms. The van der Waals surface area contributed by atoms with Gasteiger partial charge in [0.25, 0.3) is 0 Å². The van der Waals surface area contributed by atoms with Crippen LogP contribution in [0.25, 0.3) is 0 Å². The molecule has 0 fully saturated rings. The highest BCUT2D eigenvalue weighted by molar-refractivity contribution is 9.10. The lowest BCUT2D eigenvalue weighted by Gasteiger charge is -2.13. The number of aliphatic hydroxyl groups is 1. The van der Waals surface area contributed by atoms with E-state index in [1.807, 2.05) is 24.3 Å². The monoisotopic (exact) mass is 310 g/mol. The molecule has 2 aromatic rings. The molecule has 0 aliphatic rings. The van der Waals surface area contributed by atoms with Crippen LogP contribution >= 0.6 is 15.9 Å². The number of ether oxygens (including phenoxy) is 1. The minimum atomic E-state index is -0.799. The van der Waals surface area contributed by atoms with Crippen molar-refractivity contribution in [2.45, 2.75) is 6.10 Å². The standard InChI is InChI=1S/C14H12BrFO2/c1-18-13-8-10(4-7-12(13)16)14(17)9-2-5-11(15)6-3-9/h2-8,14,17H,1H3. The minimum absolute atomic E-state index is 0.128. The van der Waals surface area contributed by atoms with Gasteiger partial charge in [-0.05, 0) is 35.4 Å². The second kappa shape index (κ2) is 5.50. The quantitative estimate of drug-likeness (QED) is 0.937. The fourth-order valence-corrected chi connectivity index (χ4v) is 1.95. The third kappa shape index (κ3) is 2.71. The van der Waals surface area contributed by atoms with Gasteiger partial charge in [0.05, 0.1) is 7.11 Å². The van der Waals surface area contributed by atoms with Crippen LogP contribution in [0.3, 0.4) is 0 Å². The van der Waals surface area contributed by atoms with Crippen molar-refractivity contribution in [1.29, 1.82) is 0 Å². The molecule has 2 rings (SSSR count). The molecule has 1 atom stereocenters. The van der Waals surface area contributed by atoms with E-state index in [1.54, 1.807) is 6.07 Å². The maximum atomic E-state index is 13.3. The van der Waals surface area contributed by atoms with Gasteiger partial charge < -0.3 is 9.84 Å². The molecule has 2 aromatic carbocycles. The van der Waals surface area contributed by atoms with Crippen LogP contribution in [0.5, 0.6) is 5.75 Å². The first-order valence-corrected chi connectivity index (χ1v) is 6.18. The second-order valence-electron chi connectivity index (χ2n) is 3.85. The molecule has 18 heavy (non-hydrogen) atoms. The zero-order valence-corrected chi connectivity index (χ0v) is 11.3. The van der Waals surface area contributed by atoms with Crippen LogP contribution in [0.2, 0.25) is 0 Å². The van der Waals surface area contributed by atoms with Crippen LogP contribution < -0.4 is 4.74 Å². The number of rotatable bonds is 3. The molecule has 0 aliphatic heterocycles. The van der Waals surface area contributed by atoms with Crippen LogP contribution in [-0.4, -0.2) is 12.2 Å². The third-order valence-corrected chi connectivity index (χ3v) is 3.21. The number of benzene rings is 2. The summed E-state index contributed by atoms with van der Waals surface area (Å²) in [5.74, 6) is -0.312. The summed E-state index contributed by atoms with van der Waals surface area (Å²) in [6.07, 6.45) is -0.799. The number of methoxy groups -OCH3 is 1. The molecule has 1 unspecified atom stereocenters. The lowest BCUT2D eigenvalue weighted by atomic mass is 10.0. The highest BCUT2D eigenvalue weighted by Crippen LogP contribution is 2.27. The first kappa shape index (κ1) is 13.1. The van der Waals surface area contributed by atoms with Crippen molar-refractivity contribution in [2.75, 3.05) is 7.11 Å². The van der Waals surface area contributed by atoms with E-state index in [0.717, 1.165) is 10.0 Å². The SMILES string of the molecule is COc1cc(C(O)c2ccc(Br)cc2)ccc1F. The van der Waals surface area contributed by atoms with Crippen LogP contribution in [0.1, 0.15) is 17.2 Å². The first-order valence-electron chi connectivity index (χ1n) is 5.39. The Hall–Kier alpha value is -1.39. The smallest absolute Gasteiger partial charge is 0.165 e. The fraction of sp³-hybridized carbons (Fsp3) is 0.143. The van der Waals surface area contributed by atoms with E-state index < -0.39 is 11.9 Å². The van der Waals surface area contributed by atoms with Gasteiger partial charge in [-0.2, -0.15) is 0 Å². The van der Waals surface area contributed by atoms with Crippen molar-refractivity contribution < 1.29 is 14.2 Å². The lowest BCUT2D eigenvalue weighted by Crippen LogP contribution is -2.00. The van der Waals surface area contributed by atoms with Crippen LogP contribution in [0, 0.1) is 5.82 Å². The number of hydrogen-bond acceptors (Lipinski definition) is 2. The zero-order valence-electron chi connectivity index (χ0n) is 9.73. The first-order chi connectivity index (χ1) is 8.61. The Labute approximate surface area is 113 Å². The lowest BCUT2D eigenvalue weighted by molar-refractivity contribution is 0.219. The minimum Gasteiger partial charge on any atom is -0.494 e. The van der Waals surface area contributed by atoms with Gasteiger partial charge >= 0.3 is 0 Å². The van der Waals surface area contributed by atoms with E-state index in [9.17, 15) is 9.50 Å². The Kier molecular flexibility index (Phi) is 3.99. The zero-order chi connectivity index (χ0) is 13.1.